The van der Waals surface area contributed by atoms with E-state index in [-0.39, 0.29) is 16.8 Å². The van der Waals surface area contributed by atoms with Crippen molar-refractivity contribution in [3.63, 3.8) is 0 Å². The van der Waals surface area contributed by atoms with Gasteiger partial charge in [0.05, 0.1) is 5.75 Å². The molecule has 1 fully saturated rings. The molecule has 0 aliphatic carbocycles. The van der Waals surface area contributed by atoms with E-state index in [0.717, 1.165) is 6.08 Å². The van der Waals surface area contributed by atoms with Crippen molar-refractivity contribution in [1.82, 2.24) is 10.2 Å². The maximum absolute atomic E-state index is 11.5. The summed E-state index contributed by atoms with van der Waals surface area (Å²) in [5.41, 5.74) is 0. The first-order chi connectivity index (χ1) is 7.95. The molecule has 0 aromatic rings. The first-order valence-electron chi connectivity index (χ1n) is 4.59. The highest BCUT2D eigenvalue weighted by Gasteiger charge is 2.30. The Morgan fingerprint density at radius 3 is 2.88 bits per heavy atom. The largest absolute Gasteiger partial charge is 0.439 e. The Morgan fingerprint density at radius 1 is 1.76 bits per heavy atom. The average molecular weight is 290 g/mol. The molecule has 8 heteroatoms. The van der Waals surface area contributed by atoms with Crippen LogP contribution < -0.4 is 5.32 Å². The molecule has 0 bridgehead atoms. The number of hydrogen-bond acceptors (Lipinski definition) is 6. The number of ether oxygens (including phenoxy) is 1. The molecule has 92 valence electrons. The Kier molecular flexibility index (Phi) is 5.03. The SMILES string of the molecule is C=CC(=O)OC(C)NC(=S)N1C(=O)CSC1=S. The Balaban J connectivity index is 2.54. The van der Waals surface area contributed by atoms with Gasteiger partial charge in [-0.2, -0.15) is 0 Å². The molecule has 1 unspecified atom stereocenters. The van der Waals surface area contributed by atoms with E-state index in [4.69, 9.17) is 29.2 Å². The molecule has 0 spiro atoms. The Bertz CT molecular complexity index is 381. The van der Waals surface area contributed by atoms with Gasteiger partial charge in [-0.15, -0.1) is 0 Å². The monoisotopic (exact) mass is 290 g/mol. The number of nitrogens with zero attached hydrogens (tertiary/aromatic N) is 1. The van der Waals surface area contributed by atoms with Gasteiger partial charge in [-0.3, -0.25) is 4.79 Å². The number of carbonyl (C=O) groups is 2. The van der Waals surface area contributed by atoms with Crippen LogP contribution in [0.3, 0.4) is 0 Å². The molecule has 1 rings (SSSR count). The minimum atomic E-state index is -0.658. The van der Waals surface area contributed by atoms with E-state index in [1.165, 1.54) is 16.7 Å². The van der Waals surface area contributed by atoms with E-state index >= 15 is 0 Å². The highest BCUT2D eigenvalue weighted by molar-refractivity contribution is 8.24. The molecule has 1 aliphatic rings. The van der Waals surface area contributed by atoms with Crippen molar-refractivity contribution < 1.29 is 14.3 Å². The minimum Gasteiger partial charge on any atom is -0.439 e. The van der Waals surface area contributed by atoms with Gasteiger partial charge in [0.1, 0.15) is 4.32 Å². The number of thiocarbonyl (C=S) groups is 2. The maximum Gasteiger partial charge on any atom is 0.332 e. The third kappa shape index (κ3) is 3.76. The maximum atomic E-state index is 11.5. The van der Waals surface area contributed by atoms with Crippen molar-refractivity contribution in [2.45, 2.75) is 13.2 Å². The van der Waals surface area contributed by atoms with Crippen LogP contribution in [0.4, 0.5) is 0 Å². The van der Waals surface area contributed by atoms with Crippen LogP contribution in [0.5, 0.6) is 0 Å². The predicted octanol–water partition coefficient (Wildman–Crippen LogP) is 0.796. The molecule has 1 N–H and O–H groups in total. The van der Waals surface area contributed by atoms with E-state index < -0.39 is 12.2 Å². The first kappa shape index (κ1) is 14.1. The molecule has 0 radical (unpaired) electrons. The lowest BCUT2D eigenvalue weighted by molar-refractivity contribution is -0.142. The zero-order chi connectivity index (χ0) is 13.0. The van der Waals surface area contributed by atoms with Gasteiger partial charge in [0.15, 0.2) is 11.3 Å². The lowest BCUT2D eigenvalue weighted by Gasteiger charge is -2.21. The second-order valence-electron chi connectivity index (χ2n) is 3.02. The summed E-state index contributed by atoms with van der Waals surface area (Å²) in [6.45, 7) is 4.86. The van der Waals surface area contributed by atoms with Crippen molar-refractivity contribution >= 4 is 57.5 Å². The summed E-state index contributed by atoms with van der Waals surface area (Å²) >= 11 is 11.2. The van der Waals surface area contributed by atoms with Gasteiger partial charge in [-0.1, -0.05) is 30.6 Å². The molecule has 0 aromatic carbocycles. The zero-order valence-corrected chi connectivity index (χ0v) is 11.4. The van der Waals surface area contributed by atoms with Crippen molar-refractivity contribution in [3.05, 3.63) is 12.7 Å². The smallest absolute Gasteiger partial charge is 0.332 e. The van der Waals surface area contributed by atoms with E-state index in [1.54, 1.807) is 6.92 Å². The number of thioether (sulfide) groups is 1. The molecule has 0 saturated carbocycles. The summed E-state index contributed by atoms with van der Waals surface area (Å²) in [6.07, 6.45) is 0.386. The fourth-order valence-electron chi connectivity index (χ4n) is 1.04. The topological polar surface area (TPSA) is 58.6 Å². The number of esters is 1. The first-order valence-corrected chi connectivity index (χ1v) is 6.39. The Morgan fingerprint density at radius 2 is 2.41 bits per heavy atom. The molecule has 1 saturated heterocycles. The molecular formula is C9H10N2O3S3. The van der Waals surface area contributed by atoms with Gasteiger partial charge in [0, 0.05) is 6.08 Å². The number of rotatable bonds is 3. The molecule has 0 aromatic heterocycles. The van der Waals surface area contributed by atoms with Crippen LogP contribution in [0.15, 0.2) is 12.7 Å². The number of hydrogen-bond donors (Lipinski definition) is 1. The van der Waals surface area contributed by atoms with Crippen molar-refractivity contribution in [3.8, 4) is 0 Å². The summed E-state index contributed by atoms with van der Waals surface area (Å²) in [5.74, 6) is -0.473. The fraction of sp³-hybridized carbons (Fsp3) is 0.333. The fourth-order valence-corrected chi connectivity index (χ4v) is 2.58. The third-order valence-corrected chi connectivity index (χ3v) is 3.40. The molecule has 5 nitrogen and oxygen atoms in total. The lowest BCUT2D eigenvalue weighted by atomic mass is 10.5. The van der Waals surface area contributed by atoms with E-state index in [2.05, 4.69) is 11.9 Å². The summed E-state index contributed by atoms with van der Waals surface area (Å²) in [6, 6.07) is 0. The summed E-state index contributed by atoms with van der Waals surface area (Å²) in [5, 5.41) is 2.83. The lowest BCUT2D eigenvalue weighted by Crippen LogP contribution is -2.47. The van der Waals surface area contributed by atoms with Crippen LogP contribution in [-0.2, 0) is 14.3 Å². The molecule has 1 atom stereocenters. The van der Waals surface area contributed by atoms with Gasteiger partial charge in [-0.05, 0) is 19.1 Å². The standard InChI is InChI=1S/C9H10N2O3S3/c1-3-7(13)14-5(2)10-8(15)11-6(12)4-17-9(11)16/h3,5H,1,4H2,2H3,(H,10,15). The van der Waals surface area contributed by atoms with Gasteiger partial charge < -0.3 is 10.1 Å². The third-order valence-electron chi connectivity index (χ3n) is 1.74. The summed E-state index contributed by atoms with van der Waals surface area (Å²) in [7, 11) is 0. The number of nitrogens with one attached hydrogen (secondary N) is 1. The van der Waals surface area contributed by atoms with Gasteiger partial charge in [0.25, 0.3) is 0 Å². The quantitative estimate of drug-likeness (QED) is 0.357. The zero-order valence-electron chi connectivity index (χ0n) is 8.97. The van der Waals surface area contributed by atoms with Crippen molar-refractivity contribution in [2.75, 3.05) is 5.75 Å². The van der Waals surface area contributed by atoms with Crippen LogP contribution in [0.25, 0.3) is 0 Å². The molecule has 17 heavy (non-hydrogen) atoms. The van der Waals surface area contributed by atoms with Crippen LogP contribution in [-0.4, -0.2) is 38.2 Å². The second kappa shape index (κ2) is 6.08. The van der Waals surface area contributed by atoms with Gasteiger partial charge >= 0.3 is 5.97 Å². The number of amides is 1. The predicted molar refractivity (Wildman–Crippen MR) is 73.4 cm³/mol. The summed E-state index contributed by atoms with van der Waals surface area (Å²) in [4.78, 5) is 23.6. The van der Waals surface area contributed by atoms with Crippen LogP contribution in [0.1, 0.15) is 6.92 Å². The normalized spacial score (nSPS) is 16.6. The second-order valence-corrected chi connectivity index (χ2v) is 5.01. The van der Waals surface area contributed by atoms with Gasteiger partial charge in [-0.25, -0.2) is 9.69 Å². The molecule has 1 aliphatic heterocycles. The van der Waals surface area contributed by atoms with Crippen LogP contribution in [0.2, 0.25) is 0 Å². The van der Waals surface area contributed by atoms with Crippen LogP contribution >= 0.6 is 36.2 Å². The van der Waals surface area contributed by atoms with Gasteiger partial charge in [0.2, 0.25) is 5.91 Å². The molecular weight excluding hydrogens is 280 g/mol. The summed E-state index contributed by atoms with van der Waals surface area (Å²) < 4.78 is 5.25. The van der Waals surface area contributed by atoms with Crippen molar-refractivity contribution in [2.24, 2.45) is 0 Å². The highest BCUT2D eigenvalue weighted by Crippen LogP contribution is 2.19. The van der Waals surface area contributed by atoms with E-state index in [0.29, 0.717) is 4.32 Å². The minimum absolute atomic E-state index is 0.134. The Labute approximate surface area is 114 Å². The highest BCUT2D eigenvalue weighted by atomic mass is 32.2. The number of carbonyl (C=O) groups excluding carboxylic acids is 2. The van der Waals surface area contributed by atoms with Crippen LogP contribution in [0, 0.1) is 0 Å². The average Bonchev–Trinajstić information content (AvgIpc) is 2.57. The van der Waals surface area contributed by atoms with E-state index in [1.807, 2.05) is 0 Å². The van der Waals surface area contributed by atoms with E-state index in [9.17, 15) is 9.59 Å². The molecule has 1 heterocycles. The van der Waals surface area contributed by atoms with Crippen molar-refractivity contribution in [1.29, 1.82) is 0 Å². The molecule has 1 amide bonds. The Hall–Kier alpha value is -0.990.